The first-order chi connectivity index (χ1) is 12.4. The monoisotopic (exact) mass is 317 g/mol. The first-order valence-electron chi connectivity index (χ1n) is 8.62. The number of fused-ring (bicyclic) bond motifs is 1. The molecule has 0 unspecified atom stereocenters. The van der Waals surface area contributed by atoms with Gasteiger partial charge in [0.25, 0.3) is 0 Å². The second-order valence-electron chi connectivity index (χ2n) is 6.78. The average molecular weight is 317 g/mol. The number of aromatic amines is 1. The van der Waals surface area contributed by atoms with Crippen LogP contribution in [0, 0.1) is 0 Å². The number of nitrogens with one attached hydrogen (secondary N) is 1. The summed E-state index contributed by atoms with van der Waals surface area (Å²) in [6.07, 6.45) is 0. The number of hydrogen-bond donors (Lipinski definition) is 1. The summed E-state index contributed by atoms with van der Waals surface area (Å²) in [5.41, 5.74) is 3.59. The molecular weight excluding hydrogens is 302 g/mol. The number of H-pyrrole nitrogens is 1. The summed E-state index contributed by atoms with van der Waals surface area (Å²) in [5.74, 6) is 0. The molecule has 0 amide bonds. The lowest BCUT2D eigenvalue weighted by Gasteiger charge is -2.12. The number of rotatable bonds is 1. The minimum Gasteiger partial charge on any atom is -0.355 e. The second kappa shape index (κ2) is 4.61. The van der Waals surface area contributed by atoms with Crippen LogP contribution >= 0.6 is 0 Å². The van der Waals surface area contributed by atoms with Gasteiger partial charge >= 0.3 is 0 Å². The van der Waals surface area contributed by atoms with E-state index in [9.17, 15) is 0 Å². The molecule has 0 saturated carbocycles. The molecule has 0 aliphatic heterocycles. The average Bonchev–Trinajstić information content (AvgIpc) is 3.10. The largest absolute Gasteiger partial charge is 0.355 e. The van der Waals surface area contributed by atoms with Gasteiger partial charge < -0.3 is 4.98 Å². The highest BCUT2D eigenvalue weighted by atomic mass is 14.7. The Bertz CT molecular complexity index is 1290. The van der Waals surface area contributed by atoms with Gasteiger partial charge in [-0.25, -0.2) is 0 Å². The predicted molar refractivity (Wildman–Crippen MR) is 107 cm³/mol. The van der Waals surface area contributed by atoms with E-state index < -0.39 is 0 Å². The number of benzene rings is 5. The van der Waals surface area contributed by atoms with Gasteiger partial charge in [0.2, 0.25) is 0 Å². The molecule has 0 saturated heterocycles. The Balaban J connectivity index is 1.71. The van der Waals surface area contributed by atoms with Crippen molar-refractivity contribution in [3.8, 4) is 11.3 Å². The third kappa shape index (κ3) is 1.78. The van der Waals surface area contributed by atoms with Crippen molar-refractivity contribution < 1.29 is 0 Å². The molecule has 116 valence electrons. The van der Waals surface area contributed by atoms with Gasteiger partial charge in [0.1, 0.15) is 0 Å². The third-order valence-corrected chi connectivity index (χ3v) is 5.30. The summed E-state index contributed by atoms with van der Waals surface area (Å²) in [6.45, 7) is 0. The van der Waals surface area contributed by atoms with E-state index in [1.165, 1.54) is 54.5 Å². The lowest BCUT2D eigenvalue weighted by atomic mass is 9.92. The third-order valence-electron chi connectivity index (χ3n) is 5.30. The molecule has 0 spiro atoms. The van der Waals surface area contributed by atoms with Crippen LogP contribution in [0.3, 0.4) is 0 Å². The van der Waals surface area contributed by atoms with Crippen molar-refractivity contribution >= 4 is 43.2 Å². The van der Waals surface area contributed by atoms with Crippen molar-refractivity contribution in [3.63, 3.8) is 0 Å². The normalized spacial score (nSPS) is 12.0. The van der Waals surface area contributed by atoms with Crippen molar-refractivity contribution in [2.24, 2.45) is 0 Å². The highest BCUT2D eigenvalue weighted by Gasteiger charge is 2.11. The molecule has 5 aromatic carbocycles. The van der Waals surface area contributed by atoms with Gasteiger partial charge in [0.05, 0.1) is 0 Å². The predicted octanol–water partition coefficient (Wildman–Crippen LogP) is 6.73. The van der Waals surface area contributed by atoms with E-state index in [2.05, 4.69) is 89.9 Å². The SMILES string of the molecule is c1ccc2[nH]c(-c3cc4ccc5cccc6ccc(c3)c4c56)cc2c1. The molecule has 6 aromatic rings. The lowest BCUT2D eigenvalue weighted by molar-refractivity contribution is 1.46. The molecule has 1 N–H and O–H groups in total. The van der Waals surface area contributed by atoms with Gasteiger partial charge in [-0.2, -0.15) is 0 Å². The fourth-order valence-electron chi connectivity index (χ4n) is 4.14. The van der Waals surface area contributed by atoms with Crippen molar-refractivity contribution in [1.82, 2.24) is 4.98 Å². The molecule has 6 rings (SSSR count). The summed E-state index contributed by atoms with van der Waals surface area (Å²) in [4.78, 5) is 3.56. The zero-order valence-corrected chi connectivity index (χ0v) is 13.6. The van der Waals surface area contributed by atoms with Crippen LogP contribution in [0.1, 0.15) is 0 Å². The van der Waals surface area contributed by atoms with Gasteiger partial charge in [-0.3, -0.25) is 0 Å². The fourth-order valence-corrected chi connectivity index (χ4v) is 4.14. The fraction of sp³-hybridized carbons (Fsp3) is 0. The lowest BCUT2D eigenvalue weighted by Crippen LogP contribution is -1.85. The van der Waals surface area contributed by atoms with Crippen LogP contribution in [-0.2, 0) is 0 Å². The molecule has 0 aliphatic rings. The van der Waals surface area contributed by atoms with Crippen molar-refractivity contribution in [3.05, 3.63) is 84.9 Å². The van der Waals surface area contributed by atoms with E-state index in [0.717, 1.165) is 0 Å². The summed E-state index contributed by atoms with van der Waals surface area (Å²) >= 11 is 0. The molecular formula is C24H15N. The minimum atomic E-state index is 1.17. The summed E-state index contributed by atoms with van der Waals surface area (Å²) in [5, 5.41) is 9.23. The smallest absolute Gasteiger partial charge is 0.0465 e. The Morgan fingerprint density at radius 1 is 0.480 bits per heavy atom. The topological polar surface area (TPSA) is 15.8 Å². The molecule has 0 fully saturated rings. The quantitative estimate of drug-likeness (QED) is 0.323. The molecule has 0 radical (unpaired) electrons. The van der Waals surface area contributed by atoms with E-state index in [1.54, 1.807) is 0 Å². The van der Waals surface area contributed by atoms with Gasteiger partial charge in [0, 0.05) is 16.6 Å². The Kier molecular flexibility index (Phi) is 2.40. The molecule has 0 bridgehead atoms. The maximum atomic E-state index is 3.56. The Morgan fingerprint density at radius 3 is 1.80 bits per heavy atom. The zero-order chi connectivity index (χ0) is 16.4. The summed E-state index contributed by atoms with van der Waals surface area (Å²) in [7, 11) is 0. The van der Waals surface area contributed by atoms with E-state index in [-0.39, 0.29) is 0 Å². The molecule has 0 atom stereocenters. The van der Waals surface area contributed by atoms with Crippen LogP contribution in [0.4, 0.5) is 0 Å². The van der Waals surface area contributed by atoms with E-state index in [1.807, 2.05) is 0 Å². The molecule has 0 aliphatic carbocycles. The standard InChI is InChI=1S/C24H15N/c1-2-7-21-17(4-1)14-22(25-21)20-12-18-10-8-15-5-3-6-16-9-11-19(13-20)24(18)23(15)16/h1-14,25H. The molecule has 1 heterocycles. The number of para-hydroxylation sites is 1. The van der Waals surface area contributed by atoms with E-state index in [0.29, 0.717) is 0 Å². The second-order valence-corrected chi connectivity index (χ2v) is 6.78. The molecule has 1 nitrogen and oxygen atoms in total. The first-order valence-corrected chi connectivity index (χ1v) is 8.62. The van der Waals surface area contributed by atoms with Crippen LogP contribution in [0.25, 0.3) is 54.5 Å². The molecule has 1 aromatic heterocycles. The minimum absolute atomic E-state index is 1.17. The van der Waals surface area contributed by atoms with Gasteiger partial charge in [-0.05, 0) is 62.1 Å². The van der Waals surface area contributed by atoms with Crippen LogP contribution in [0.15, 0.2) is 84.9 Å². The van der Waals surface area contributed by atoms with Crippen LogP contribution < -0.4 is 0 Å². The van der Waals surface area contributed by atoms with Crippen LogP contribution in [-0.4, -0.2) is 4.98 Å². The first kappa shape index (κ1) is 13.0. The Morgan fingerprint density at radius 2 is 1.08 bits per heavy atom. The molecule has 25 heavy (non-hydrogen) atoms. The van der Waals surface area contributed by atoms with Crippen molar-refractivity contribution in [2.45, 2.75) is 0 Å². The van der Waals surface area contributed by atoms with Crippen LogP contribution in [0.2, 0.25) is 0 Å². The Labute approximate surface area is 144 Å². The molecule has 1 heteroatoms. The van der Waals surface area contributed by atoms with Gasteiger partial charge in [0.15, 0.2) is 0 Å². The number of hydrogen-bond acceptors (Lipinski definition) is 0. The van der Waals surface area contributed by atoms with Crippen LogP contribution in [0.5, 0.6) is 0 Å². The van der Waals surface area contributed by atoms with Crippen molar-refractivity contribution in [1.29, 1.82) is 0 Å². The van der Waals surface area contributed by atoms with Gasteiger partial charge in [-0.1, -0.05) is 60.7 Å². The van der Waals surface area contributed by atoms with E-state index in [4.69, 9.17) is 0 Å². The van der Waals surface area contributed by atoms with Crippen molar-refractivity contribution in [2.75, 3.05) is 0 Å². The highest BCUT2D eigenvalue weighted by Crippen LogP contribution is 2.37. The number of aromatic nitrogens is 1. The maximum Gasteiger partial charge on any atom is 0.0465 e. The summed E-state index contributed by atoms with van der Waals surface area (Å²) < 4.78 is 0. The Hall–Kier alpha value is -3.32. The zero-order valence-electron chi connectivity index (χ0n) is 13.6. The van der Waals surface area contributed by atoms with E-state index >= 15 is 0 Å². The van der Waals surface area contributed by atoms with Gasteiger partial charge in [-0.15, -0.1) is 0 Å². The summed E-state index contributed by atoms with van der Waals surface area (Å²) in [6, 6.07) is 30.8. The maximum absolute atomic E-state index is 3.56. The highest BCUT2D eigenvalue weighted by molar-refractivity contribution is 6.23.